The fourth-order valence-electron chi connectivity index (χ4n) is 3.43. The molecule has 3 rings (SSSR count). The summed E-state index contributed by atoms with van der Waals surface area (Å²) in [6.07, 6.45) is 2.15. The van der Waals surface area contributed by atoms with Crippen molar-refractivity contribution in [1.82, 2.24) is 4.90 Å². The number of ketones is 1. The predicted octanol–water partition coefficient (Wildman–Crippen LogP) is 3.36. The van der Waals surface area contributed by atoms with Crippen LogP contribution >= 0.6 is 11.8 Å². The first-order valence-corrected chi connectivity index (χ1v) is 11.1. The third-order valence-corrected chi connectivity index (χ3v) is 5.71. The van der Waals surface area contributed by atoms with Gasteiger partial charge in [0.15, 0.2) is 5.78 Å². The minimum absolute atomic E-state index is 0.126. The molecule has 1 aliphatic rings. The van der Waals surface area contributed by atoms with Gasteiger partial charge in [0.2, 0.25) is 0 Å². The molecular formula is C23H23NO6S. The lowest BCUT2D eigenvalue weighted by Gasteiger charge is -2.24. The maximum absolute atomic E-state index is 13.0. The first-order chi connectivity index (χ1) is 14.9. The molecular weight excluding hydrogens is 418 g/mol. The second-order valence-electron chi connectivity index (χ2n) is 7.01. The SMILES string of the molecule is COc1ccc(C(C)=O)cc1COC(=O)[C@H](CCSC)N1C(=O)c2ccccc2C1=O. The van der Waals surface area contributed by atoms with Gasteiger partial charge in [-0.05, 0) is 55.7 Å². The molecule has 2 aromatic carbocycles. The molecule has 0 spiro atoms. The van der Waals surface area contributed by atoms with E-state index in [1.54, 1.807) is 42.5 Å². The lowest BCUT2D eigenvalue weighted by molar-refractivity contribution is -0.149. The van der Waals surface area contributed by atoms with E-state index in [1.165, 1.54) is 25.8 Å². The Bertz CT molecular complexity index is 999. The molecule has 2 aromatic rings. The molecule has 31 heavy (non-hydrogen) atoms. The minimum atomic E-state index is -1.04. The molecule has 2 amide bonds. The quantitative estimate of drug-likeness (QED) is 0.335. The number of thioether (sulfide) groups is 1. The van der Waals surface area contributed by atoms with Crippen LogP contribution in [0, 0.1) is 0 Å². The number of imide groups is 1. The molecule has 0 bridgehead atoms. The van der Waals surface area contributed by atoms with Crippen molar-refractivity contribution in [1.29, 1.82) is 0 Å². The molecule has 7 nitrogen and oxygen atoms in total. The van der Waals surface area contributed by atoms with Gasteiger partial charge in [-0.15, -0.1) is 0 Å². The first-order valence-electron chi connectivity index (χ1n) is 9.69. The number of ether oxygens (including phenoxy) is 2. The van der Waals surface area contributed by atoms with Gasteiger partial charge >= 0.3 is 5.97 Å². The molecule has 0 unspecified atom stereocenters. The molecule has 1 heterocycles. The van der Waals surface area contributed by atoms with E-state index in [0.717, 1.165) is 4.90 Å². The molecule has 0 aliphatic carbocycles. The van der Waals surface area contributed by atoms with Crippen LogP contribution in [-0.4, -0.2) is 53.6 Å². The number of esters is 1. The highest BCUT2D eigenvalue weighted by molar-refractivity contribution is 7.98. The monoisotopic (exact) mass is 441 g/mol. The summed E-state index contributed by atoms with van der Waals surface area (Å²) in [5, 5.41) is 0. The van der Waals surface area contributed by atoms with Crippen LogP contribution in [0.25, 0.3) is 0 Å². The van der Waals surface area contributed by atoms with Gasteiger partial charge in [-0.25, -0.2) is 4.79 Å². The highest BCUT2D eigenvalue weighted by Crippen LogP contribution is 2.27. The molecule has 0 fully saturated rings. The van der Waals surface area contributed by atoms with Gasteiger partial charge in [0.25, 0.3) is 11.8 Å². The number of hydrogen-bond acceptors (Lipinski definition) is 7. The number of amides is 2. The summed E-state index contributed by atoms with van der Waals surface area (Å²) in [6.45, 7) is 1.29. The van der Waals surface area contributed by atoms with Crippen LogP contribution in [0.2, 0.25) is 0 Å². The summed E-state index contributed by atoms with van der Waals surface area (Å²) in [4.78, 5) is 51.3. The average Bonchev–Trinajstić information content (AvgIpc) is 3.03. The number of carbonyl (C=O) groups excluding carboxylic acids is 4. The fourth-order valence-corrected chi connectivity index (χ4v) is 3.89. The van der Waals surface area contributed by atoms with Crippen LogP contribution < -0.4 is 4.74 Å². The molecule has 0 saturated carbocycles. The van der Waals surface area contributed by atoms with Gasteiger partial charge in [0.05, 0.1) is 18.2 Å². The molecule has 0 aromatic heterocycles. The third kappa shape index (κ3) is 4.64. The summed E-state index contributed by atoms with van der Waals surface area (Å²) in [7, 11) is 1.48. The third-order valence-electron chi connectivity index (χ3n) is 5.06. The molecule has 162 valence electrons. The Kier molecular flexibility index (Phi) is 7.12. The van der Waals surface area contributed by atoms with E-state index in [1.807, 2.05) is 6.26 Å². The number of nitrogens with zero attached hydrogens (tertiary/aromatic N) is 1. The maximum Gasteiger partial charge on any atom is 0.329 e. The van der Waals surface area contributed by atoms with Crippen molar-refractivity contribution in [2.45, 2.75) is 26.0 Å². The Labute approximate surface area is 184 Å². The Morgan fingerprint density at radius 3 is 2.26 bits per heavy atom. The van der Waals surface area contributed by atoms with Gasteiger partial charge in [-0.2, -0.15) is 11.8 Å². The Balaban J connectivity index is 1.82. The smallest absolute Gasteiger partial charge is 0.329 e. The number of methoxy groups -OCH3 is 1. The molecule has 0 radical (unpaired) electrons. The van der Waals surface area contributed by atoms with E-state index >= 15 is 0 Å². The number of benzene rings is 2. The molecule has 1 aliphatic heterocycles. The van der Waals surface area contributed by atoms with Gasteiger partial charge in [0.1, 0.15) is 18.4 Å². The Morgan fingerprint density at radius 2 is 1.71 bits per heavy atom. The van der Waals surface area contributed by atoms with Crippen molar-refractivity contribution in [3.8, 4) is 5.75 Å². The van der Waals surface area contributed by atoms with E-state index in [4.69, 9.17) is 9.47 Å². The minimum Gasteiger partial charge on any atom is -0.496 e. The van der Waals surface area contributed by atoms with Crippen molar-refractivity contribution in [2.75, 3.05) is 19.1 Å². The standard InChI is InChI=1S/C23H23NO6S/c1-14(25)15-8-9-20(29-2)16(12-15)13-30-23(28)19(10-11-31-3)24-21(26)17-6-4-5-7-18(17)22(24)27/h4-9,12,19H,10-11,13H2,1-3H3/t19-/m0/s1. The van der Waals surface area contributed by atoms with E-state index in [9.17, 15) is 19.2 Å². The van der Waals surface area contributed by atoms with E-state index in [0.29, 0.717) is 22.6 Å². The van der Waals surface area contributed by atoms with Crippen LogP contribution in [-0.2, 0) is 16.1 Å². The van der Waals surface area contributed by atoms with Crippen molar-refractivity contribution < 1.29 is 28.7 Å². The topological polar surface area (TPSA) is 90.0 Å². The summed E-state index contributed by atoms with van der Waals surface area (Å²) in [5.41, 5.74) is 1.55. The summed E-state index contributed by atoms with van der Waals surface area (Å²) >= 11 is 1.50. The van der Waals surface area contributed by atoms with E-state index in [2.05, 4.69) is 0 Å². The zero-order valence-corrected chi connectivity index (χ0v) is 18.4. The van der Waals surface area contributed by atoms with Crippen molar-refractivity contribution in [3.63, 3.8) is 0 Å². The van der Waals surface area contributed by atoms with Gasteiger partial charge in [-0.3, -0.25) is 19.3 Å². The summed E-state index contributed by atoms with van der Waals surface area (Å²) in [5.74, 6) is -0.771. The van der Waals surface area contributed by atoms with Crippen LogP contribution in [0.3, 0.4) is 0 Å². The predicted molar refractivity (Wildman–Crippen MR) is 117 cm³/mol. The van der Waals surface area contributed by atoms with Crippen LogP contribution in [0.15, 0.2) is 42.5 Å². The largest absolute Gasteiger partial charge is 0.496 e. The Hall–Kier alpha value is -3.13. The van der Waals surface area contributed by atoms with Gasteiger partial charge in [-0.1, -0.05) is 12.1 Å². The lowest BCUT2D eigenvalue weighted by Crippen LogP contribution is -2.46. The first kappa shape index (κ1) is 22.6. The number of Topliss-reactive ketones (excluding diaryl/α,β-unsaturated/α-hetero) is 1. The van der Waals surface area contributed by atoms with Gasteiger partial charge in [0, 0.05) is 11.1 Å². The number of fused-ring (bicyclic) bond motifs is 1. The normalized spacial score (nSPS) is 13.7. The Morgan fingerprint density at radius 1 is 1.06 bits per heavy atom. The maximum atomic E-state index is 13.0. The zero-order chi connectivity index (χ0) is 22.5. The number of carbonyl (C=O) groups is 4. The van der Waals surface area contributed by atoms with Crippen molar-refractivity contribution >= 4 is 35.3 Å². The average molecular weight is 442 g/mol. The second-order valence-corrected chi connectivity index (χ2v) is 8.00. The molecule has 1 atom stereocenters. The second kappa shape index (κ2) is 9.78. The van der Waals surface area contributed by atoms with E-state index in [-0.39, 0.29) is 29.9 Å². The van der Waals surface area contributed by atoms with E-state index < -0.39 is 23.8 Å². The van der Waals surface area contributed by atoms with Crippen molar-refractivity contribution in [3.05, 3.63) is 64.7 Å². The van der Waals surface area contributed by atoms with Crippen LogP contribution in [0.1, 0.15) is 50.0 Å². The van der Waals surface area contributed by atoms with Crippen LogP contribution in [0.5, 0.6) is 5.75 Å². The fraction of sp³-hybridized carbons (Fsp3) is 0.304. The van der Waals surface area contributed by atoms with Crippen LogP contribution in [0.4, 0.5) is 0 Å². The highest BCUT2D eigenvalue weighted by atomic mass is 32.2. The number of hydrogen-bond donors (Lipinski definition) is 0. The van der Waals surface area contributed by atoms with Crippen molar-refractivity contribution in [2.24, 2.45) is 0 Å². The molecule has 0 N–H and O–H groups in total. The highest BCUT2D eigenvalue weighted by Gasteiger charge is 2.43. The lowest BCUT2D eigenvalue weighted by atomic mass is 10.1. The summed E-state index contributed by atoms with van der Waals surface area (Å²) in [6, 6.07) is 10.3. The summed E-state index contributed by atoms with van der Waals surface area (Å²) < 4.78 is 10.8. The van der Waals surface area contributed by atoms with Gasteiger partial charge < -0.3 is 9.47 Å². The number of rotatable bonds is 9. The zero-order valence-electron chi connectivity index (χ0n) is 17.5. The molecule has 0 saturated heterocycles. The molecule has 8 heteroatoms.